The molecular weight excluding hydrogens is 234 g/mol. The Balaban J connectivity index is 2.12. The average Bonchev–Trinajstić information content (AvgIpc) is 2.28. The van der Waals surface area contributed by atoms with Gasteiger partial charge in [0, 0.05) is 18.0 Å². The number of benzene rings is 1. The summed E-state index contributed by atoms with van der Waals surface area (Å²) in [5.74, 6) is 0.345. The Labute approximate surface area is 108 Å². The van der Waals surface area contributed by atoms with Gasteiger partial charge in [-0.25, -0.2) is 0 Å². The average molecular weight is 252 g/mol. The Bertz CT molecular complexity index is 411. The zero-order valence-electron chi connectivity index (χ0n) is 10.4. The number of ketones is 1. The van der Waals surface area contributed by atoms with Gasteiger partial charge in [-0.1, -0.05) is 23.7 Å². The van der Waals surface area contributed by atoms with Crippen LogP contribution < -0.4 is 0 Å². The molecule has 1 fully saturated rings. The van der Waals surface area contributed by atoms with Gasteiger partial charge in [0.25, 0.3) is 0 Å². The van der Waals surface area contributed by atoms with Crippen LogP contribution in [0.2, 0.25) is 5.02 Å². The lowest BCUT2D eigenvalue weighted by molar-refractivity contribution is -0.133. The van der Waals surface area contributed by atoms with E-state index in [4.69, 9.17) is 11.6 Å². The predicted octanol–water partition coefficient (Wildman–Crippen LogP) is 3.28. The van der Waals surface area contributed by atoms with E-state index in [1.54, 1.807) is 0 Å². The number of carbonyl (C=O) groups excluding carboxylic acids is 1. The molecule has 17 heavy (non-hydrogen) atoms. The van der Waals surface area contributed by atoms with Crippen LogP contribution in [0, 0.1) is 0 Å². The molecule has 0 aromatic heterocycles. The van der Waals surface area contributed by atoms with E-state index in [-0.39, 0.29) is 5.54 Å². The zero-order chi connectivity index (χ0) is 12.5. The molecule has 0 aliphatic carbocycles. The quantitative estimate of drug-likeness (QED) is 0.804. The van der Waals surface area contributed by atoms with Crippen molar-refractivity contribution in [1.29, 1.82) is 0 Å². The summed E-state index contributed by atoms with van der Waals surface area (Å²) in [4.78, 5) is 14.2. The van der Waals surface area contributed by atoms with Crippen LogP contribution in [0.25, 0.3) is 0 Å². The van der Waals surface area contributed by atoms with Crippen molar-refractivity contribution in [2.75, 3.05) is 6.54 Å². The summed E-state index contributed by atoms with van der Waals surface area (Å²) in [6, 6.07) is 7.85. The minimum absolute atomic E-state index is 0.335. The highest BCUT2D eigenvalue weighted by atomic mass is 35.5. The second-order valence-electron chi connectivity index (χ2n) is 5.13. The lowest BCUT2D eigenvalue weighted by Gasteiger charge is -2.41. The Morgan fingerprint density at radius 3 is 2.59 bits per heavy atom. The van der Waals surface area contributed by atoms with Crippen LogP contribution in [0.1, 0.15) is 32.3 Å². The fraction of sp³-hybridized carbons (Fsp3) is 0.500. The second kappa shape index (κ2) is 4.79. The third-order valence-electron chi connectivity index (χ3n) is 3.59. The molecule has 1 aliphatic rings. The van der Waals surface area contributed by atoms with Crippen molar-refractivity contribution in [2.24, 2.45) is 0 Å². The van der Waals surface area contributed by atoms with Crippen LogP contribution in [0.5, 0.6) is 0 Å². The Morgan fingerprint density at radius 1 is 1.29 bits per heavy atom. The van der Waals surface area contributed by atoms with Gasteiger partial charge in [-0.2, -0.15) is 0 Å². The van der Waals surface area contributed by atoms with Crippen molar-refractivity contribution in [3.05, 3.63) is 34.9 Å². The van der Waals surface area contributed by atoms with Crippen LogP contribution in [0.3, 0.4) is 0 Å². The fourth-order valence-electron chi connectivity index (χ4n) is 2.28. The minimum atomic E-state index is -0.335. The number of piperidine rings is 1. The van der Waals surface area contributed by atoms with Gasteiger partial charge in [0.15, 0.2) is 5.78 Å². The molecule has 0 amide bonds. The number of likely N-dealkylation sites (tertiary alicyclic amines) is 1. The molecule has 0 radical (unpaired) electrons. The molecule has 0 saturated carbocycles. The Morgan fingerprint density at radius 2 is 1.94 bits per heavy atom. The highest BCUT2D eigenvalue weighted by Crippen LogP contribution is 2.26. The van der Waals surface area contributed by atoms with Crippen LogP contribution in [0.4, 0.5) is 0 Å². The Kier molecular flexibility index (Phi) is 3.55. The van der Waals surface area contributed by atoms with Gasteiger partial charge in [-0.05, 0) is 44.5 Å². The van der Waals surface area contributed by atoms with Crippen molar-refractivity contribution >= 4 is 17.4 Å². The first kappa shape index (κ1) is 12.6. The summed E-state index contributed by atoms with van der Waals surface area (Å²) in [7, 11) is 0. The number of hydrogen-bond acceptors (Lipinski definition) is 2. The van der Waals surface area contributed by atoms with E-state index in [2.05, 4.69) is 4.90 Å². The third kappa shape index (κ3) is 2.70. The summed E-state index contributed by atoms with van der Waals surface area (Å²) in [5, 5.41) is 0.753. The normalized spacial score (nSPS) is 20.5. The molecular formula is C14H18ClNO. The molecule has 0 unspecified atom stereocenters. The summed E-state index contributed by atoms with van der Waals surface area (Å²) < 4.78 is 0. The van der Waals surface area contributed by atoms with Crippen molar-refractivity contribution in [3.63, 3.8) is 0 Å². The van der Waals surface area contributed by atoms with Crippen molar-refractivity contribution in [2.45, 2.75) is 38.8 Å². The smallest absolute Gasteiger partial charge is 0.152 e. The van der Waals surface area contributed by atoms with Crippen LogP contribution in [-0.4, -0.2) is 22.8 Å². The molecule has 3 heteroatoms. The van der Waals surface area contributed by atoms with E-state index >= 15 is 0 Å². The minimum Gasteiger partial charge on any atom is -0.298 e. The number of carbonyl (C=O) groups is 1. The van der Waals surface area contributed by atoms with Crippen LogP contribution in [0.15, 0.2) is 24.3 Å². The number of rotatable bonds is 2. The van der Waals surface area contributed by atoms with E-state index in [0.29, 0.717) is 12.2 Å². The van der Waals surface area contributed by atoms with E-state index in [9.17, 15) is 4.79 Å². The summed E-state index contributed by atoms with van der Waals surface area (Å²) in [6.07, 6.45) is 1.68. The molecule has 2 nitrogen and oxygen atoms in total. The van der Waals surface area contributed by atoms with Crippen molar-refractivity contribution in [3.8, 4) is 0 Å². The van der Waals surface area contributed by atoms with Gasteiger partial charge in [0.2, 0.25) is 0 Å². The van der Waals surface area contributed by atoms with Crippen LogP contribution >= 0.6 is 11.6 Å². The molecule has 1 aromatic rings. The van der Waals surface area contributed by atoms with Gasteiger partial charge in [0.05, 0.1) is 5.54 Å². The van der Waals surface area contributed by atoms with Crippen LogP contribution in [-0.2, 0) is 11.3 Å². The monoisotopic (exact) mass is 251 g/mol. The number of nitrogens with zero attached hydrogens (tertiary/aromatic N) is 1. The first-order chi connectivity index (χ1) is 8.00. The molecule has 0 N–H and O–H groups in total. The molecule has 92 valence electrons. The molecule has 1 heterocycles. The number of hydrogen-bond donors (Lipinski definition) is 0. The zero-order valence-corrected chi connectivity index (χ0v) is 11.1. The topological polar surface area (TPSA) is 20.3 Å². The molecule has 2 rings (SSSR count). The van der Waals surface area contributed by atoms with Gasteiger partial charge >= 0.3 is 0 Å². The van der Waals surface area contributed by atoms with E-state index in [0.717, 1.165) is 24.5 Å². The first-order valence-electron chi connectivity index (χ1n) is 6.03. The van der Waals surface area contributed by atoms with E-state index < -0.39 is 0 Å². The van der Waals surface area contributed by atoms with Gasteiger partial charge < -0.3 is 0 Å². The predicted molar refractivity (Wildman–Crippen MR) is 70.2 cm³/mol. The summed E-state index contributed by atoms with van der Waals surface area (Å²) in [5.41, 5.74) is 0.870. The van der Waals surface area contributed by atoms with Gasteiger partial charge in [-0.15, -0.1) is 0 Å². The van der Waals surface area contributed by atoms with Gasteiger partial charge in [0.1, 0.15) is 0 Å². The van der Waals surface area contributed by atoms with Crippen molar-refractivity contribution in [1.82, 2.24) is 4.90 Å². The highest BCUT2D eigenvalue weighted by Gasteiger charge is 2.36. The Hall–Kier alpha value is -0.860. The maximum Gasteiger partial charge on any atom is 0.152 e. The largest absolute Gasteiger partial charge is 0.298 e. The molecule has 0 atom stereocenters. The van der Waals surface area contributed by atoms with Gasteiger partial charge in [-0.3, -0.25) is 9.69 Å². The van der Waals surface area contributed by atoms with Crippen molar-refractivity contribution < 1.29 is 4.79 Å². The molecule has 1 saturated heterocycles. The maximum absolute atomic E-state index is 11.9. The first-order valence-corrected chi connectivity index (χ1v) is 6.41. The molecule has 0 bridgehead atoms. The standard InChI is InChI=1S/C14H18ClNO/c1-14(2)13(17)4-3-9-16(14)10-11-5-7-12(15)8-6-11/h5-8H,3-4,9-10H2,1-2H3. The number of Topliss-reactive ketones (excluding diaryl/α,β-unsaturated/α-hetero) is 1. The number of halogens is 1. The van der Waals surface area contributed by atoms with E-state index in [1.165, 1.54) is 5.56 Å². The lowest BCUT2D eigenvalue weighted by Crippen LogP contribution is -2.53. The SMILES string of the molecule is CC1(C)C(=O)CCCN1Cc1ccc(Cl)cc1. The molecule has 0 spiro atoms. The van der Waals surface area contributed by atoms with E-state index in [1.807, 2.05) is 38.1 Å². The summed E-state index contributed by atoms with van der Waals surface area (Å²) in [6.45, 7) is 5.84. The fourth-order valence-corrected chi connectivity index (χ4v) is 2.41. The second-order valence-corrected chi connectivity index (χ2v) is 5.57. The highest BCUT2D eigenvalue weighted by molar-refractivity contribution is 6.30. The molecule has 1 aliphatic heterocycles. The lowest BCUT2D eigenvalue weighted by atomic mass is 9.88. The maximum atomic E-state index is 11.9. The molecule has 1 aromatic carbocycles. The summed E-state index contributed by atoms with van der Waals surface area (Å²) >= 11 is 5.87. The third-order valence-corrected chi connectivity index (χ3v) is 3.84.